The number of nitrogens with zero attached hydrogens (tertiary/aromatic N) is 2. The smallest absolute Gasteiger partial charge is 0.148 e. The maximum absolute atomic E-state index is 9.59. The fraction of sp³-hybridized carbons (Fsp3) is 0.600. The van der Waals surface area contributed by atoms with E-state index in [9.17, 15) is 5.11 Å². The van der Waals surface area contributed by atoms with Crippen LogP contribution >= 0.6 is 0 Å². The third kappa shape index (κ3) is 2.20. The molecule has 4 nitrogen and oxygen atoms in total. The SMILES string of the molecule is OC1CCCC1CNc1cccnn1. The van der Waals surface area contributed by atoms with Gasteiger partial charge in [0.25, 0.3) is 0 Å². The van der Waals surface area contributed by atoms with Crippen molar-refractivity contribution in [3.05, 3.63) is 18.3 Å². The summed E-state index contributed by atoms with van der Waals surface area (Å²) in [5.74, 6) is 1.16. The first-order chi connectivity index (χ1) is 6.86. The van der Waals surface area contributed by atoms with Gasteiger partial charge >= 0.3 is 0 Å². The van der Waals surface area contributed by atoms with E-state index < -0.39 is 0 Å². The molecule has 14 heavy (non-hydrogen) atoms. The molecule has 2 atom stereocenters. The average Bonchev–Trinajstić information content (AvgIpc) is 2.63. The average molecular weight is 193 g/mol. The zero-order valence-electron chi connectivity index (χ0n) is 8.06. The summed E-state index contributed by atoms with van der Waals surface area (Å²) in [5.41, 5.74) is 0. The van der Waals surface area contributed by atoms with E-state index in [1.165, 1.54) is 0 Å². The monoisotopic (exact) mass is 193 g/mol. The predicted octanol–water partition coefficient (Wildman–Crippen LogP) is 1.05. The number of hydrogen-bond acceptors (Lipinski definition) is 4. The Balaban J connectivity index is 1.82. The number of aliphatic hydroxyl groups is 1. The lowest BCUT2D eigenvalue weighted by Gasteiger charge is -2.14. The minimum Gasteiger partial charge on any atom is -0.393 e. The van der Waals surface area contributed by atoms with Gasteiger partial charge in [0.05, 0.1) is 6.10 Å². The molecule has 1 heterocycles. The van der Waals surface area contributed by atoms with E-state index in [0.29, 0.717) is 5.92 Å². The topological polar surface area (TPSA) is 58.0 Å². The van der Waals surface area contributed by atoms with Gasteiger partial charge in [0.1, 0.15) is 5.82 Å². The van der Waals surface area contributed by atoms with Gasteiger partial charge in [-0.1, -0.05) is 6.42 Å². The van der Waals surface area contributed by atoms with Crippen LogP contribution < -0.4 is 5.32 Å². The maximum Gasteiger partial charge on any atom is 0.148 e. The second-order valence-electron chi connectivity index (χ2n) is 3.75. The fourth-order valence-electron chi connectivity index (χ4n) is 1.89. The molecule has 1 fully saturated rings. The van der Waals surface area contributed by atoms with E-state index in [1.54, 1.807) is 6.20 Å². The summed E-state index contributed by atoms with van der Waals surface area (Å²) in [7, 11) is 0. The summed E-state index contributed by atoms with van der Waals surface area (Å²) < 4.78 is 0. The Morgan fingerprint density at radius 1 is 1.50 bits per heavy atom. The van der Waals surface area contributed by atoms with Gasteiger partial charge in [-0.25, -0.2) is 0 Å². The molecule has 0 radical (unpaired) electrons. The normalized spacial score (nSPS) is 26.4. The number of aromatic nitrogens is 2. The molecule has 0 aliphatic heterocycles. The molecule has 1 saturated carbocycles. The Morgan fingerprint density at radius 3 is 3.07 bits per heavy atom. The van der Waals surface area contributed by atoms with Crippen molar-refractivity contribution in [3.63, 3.8) is 0 Å². The quantitative estimate of drug-likeness (QED) is 0.753. The number of anilines is 1. The third-order valence-electron chi connectivity index (χ3n) is 2.74. The third-order valence-corrected chi connectivity index (χ3v) is 2.74. The molecule has 76 valence electrons. The van der Waals surface area contributed by atoms with Crippen LogP contribution in [-0.4, -0.2) is 28.0 Å². The van der Waals surface area contributed by atoms with Crippen molar-refractivity contribution in [1.29, 1.82) is 0 Å². The van der Waals surface area contributed by atoms with Gasteiger partial charge in [-0.3, -0.25) is 0 Å². The van der Waals surface area contributed by atoms with Crippen molar-refractivity contribution in [3.8, 4) is 0 Å². The molecule has 2 rings (SSSR count). The van der Waals surface area contributed by atoms with Gasteiger partial charge in [0.15, 0.2) is 0 Å². The Morgan fingerprint density at radius 2 is 2.43 bits per heavy atom. The zero-order valence-corrected chi connectivity index (χ0v) is 8.06. The molecule has 0 aromatic carbocycles. The highest BCUT2D eigenvalue weighted by Gasteiger charge is 2.24. The lowest BCUT2D eigenvalue weighted by Crippen LogP contribution is -2.22. The van der Waals surface area contributed by atoms with Gasteiger partial charge < -0.3 is 10.4 Å². The van der Waals surface area contributed by atoms with Gasteiger partial charge in [-0.05, 0) is 25.0 Å². The van der Waals surface area contributed by atoms with Gasteiger partial charge in [-0.2, -0.15) is 5.10 Å². The molecule has 1 aliphatic rings. The van der Waals surface area contributed by atoms with E-state index in [4.69, 9.17) is 0 Å². The Bertz CT molecular complexity index is 278. The van der Waals surface area contributed by atoms with Crippen LogP contribution in [0.15, 0.2) is 18.3 Å². The Hall–Kier alpha value is -1.16. The van der Waals surface area contributed by atoms with Crippen molar-refractivity contribution in [2.45, 2.75) is 25.4 Å². The minimum atomic E-state index is -0.140. The summed E-state index contributed by atoms with van der Waals surface area (Å²) in [6.45, 7) is 0.792. The van der Waals surface area contributed by atoms with E-state index in [2.05, 4.69) is 15.5 Å². The molecule has 2 N–H and O–H groups in total. The molecular weight excluding hydrogens is 178 g/mol. The summed E-state index contributed by atoms with van der Waals surface area (Å²) in [6, 6.07) is 3.73. The minimum absolute atomic E-state index is 0.140. The van der Waals surface area contributed by atoms with E-state index in [1.807, 2.05) is 12.1 Å². The van der Waals surface area contributed by atoms with Gasteiger partial charge in [0, 0.05) is 18.7 Å². The molecule has 0 saturated heterocycles. The number of hydrogen-bond donors (Lipinski definition) is 2. The molecular formula is C10H15N3O. The molecule has 1 aromatic rings. The first-order valence-corrected chi connectivity index (χ1v) is 5.06. The van der Waals surface area contributed by atoms with Crippen LogP contribution in [0.5, 0.6) is 0 Å². The van der Waals surface area contributed by atoms with Gasteiger partial charge in [-0.15, -0.1) is 5.10 Å². The molecule has 0 amide bonds. The van der Waals surface area contributed by atoms with Crippen molar-refractivity contribution >= 4 is 5.82 Å². The van der Waals surface area contributed by atoms with Crippen LogP contribution in [0.4, 0.5) is 5.82 Å². The largest absolute Gasteiger partial charge is 0.393 e. The second kappa shape index (κ2) is 4.37. The summed E-state index contributed by atoms with van der Waals surface area (Å²) in [4.78, 5) is 0. The number of rotatable bonds is 3. The van der Waals surface area contributed by atoms with E-state index >= 15 is 0 Å². The molecule has 2 unspecified atom stereocenters. The molecule has 0 spiro atoms. The van der Waals surface area contributed by atoms with Crippen LogP contribution in [0.2, 0.25) is 0 Å². The summed E-state index contributed by atoms with van der Waals surface area (Å²) in [5, 5.41) is 20.5. The second-order valence-corrected chi connectivity index (χ2v) is 3.75. The van der Waals surface area contributed by atoms with Crippen molar-refractivity contribution in [1.82, 2.24) is 10.2 Å². The van der Waals surface area contributed by atoms with Crippen LogP contribution in [0, 0.1) is 5.92 Å². The van der Waals surface area contributed by atoms with E-state index in [-0.39, 0.29) is 6.10 Å². The van der Waals surface area contributed by atoms with Crippen LogP contribution in [0.1, 0.15) is 19.3 Å². The first-order valence-electron chi connectivity index (χ1n) is 5.06. The highest BCUT2D eigenvalue weighted by molar-refractivity contribution is 5.31. The highest BCUT2D eigenvalue weighted by atomic mass is 16.3. The molecule has 0 bridgehead atoms. The Kier molecular flexibility index (Phi) is 2.93. The van der Waals surface area contributed by atoms with Crippen molar-refractivity contribution in [2.75, 3.05) is 11.9 Å². The van der Waals surface area contributed by atoms with Crippen LogP contribution in [0.3, 0.4) is 0 Å². The molecule has 1 aromatic heterocycles. The Labute approximate surface area is 83.4 Å². The molecule has 1 aliphatic carbocycles. The predicted molar refractivity (Wildman–Crippen MR) is 53.9 cm³/mol. The molecule has 4 heteroatoms. The lowest BCUT2D eigenvalue weighted by molar-refractivity contribution is 0.138. The van der Waals surface area contributed by atoms with Crippen molar-refractivity contribution in [2.24, 2.45) is 5.92 Å². The van der Waals surface area contributed by atoms with E-state index in [0.717, 1.165) is 31.6 Å². The number of aliphatic hydroxyl groups excluding tert-OH is 1. The van der Waals surface area contributed by atoms with Gasteiger partial charge in [0.2, 0.25) is 0 Å². The summed E-state index contributed by atoms with van der Waals surface area (Å²) in [6.07, 6.45) is 4.68. The standard InChI is InChI=1S/C10H15N3O/c14-9-4-1-3-8(9)7-11-10-5-2-6-12-13-10/h2,5-6,8-9,14H,1,3-4,7H2,(H,11,13). The van der Waals surface area contributed by atoms with Crippen molar-refractivity contribution < 1.29 is 5.11 Å². The fourth-order valence-corrected chi connectivity index (χ4v) is 1.89. The number of nitrogens with one attached hydrogen (secondary N) is 1. The zero-order chi connectivity index (χ0) is 9.80. The van der Waals surface area contributed by atoms with Crippen LogP contribution in [0.25, 0.3) is 0 Å². The maximum atomic E-state index is 9.59. The highest BCUT2D eigenvalue weighted by Crippen LogP contribution is 2.25. The lowest BCUT2D eigenvalue weighted by atomic mass is 10.1. The first kappa shape index (κ1) is 9.40. The summed E-state index contributed by atoms with van der Waals surface area (Å²) >= 11 is 0. The van der Waals surface area contributed by atoms with Crippen LogP contribution in [-0.2, 0) is 0 Å².